The summed E-state index contributed by atoms with van der Waals surface area (Å²) in [5.41, 5.74) is 9.32. The maximum absolute atomic E-state index is 13.2. The molecule has 0 saturated heterocycles. The van der Waals surface area contributed by atoms with Crippen molar-refractivity contribution in [2.75, 3.05) is 11.1 Å². The van der Waals surface area contributed by atoms with Crippen LogP contribution in [0.1, 0.15) is 69.2 Å². The fraction of sp³-hybridized carbons (Fsp3) is 0.448. The number of thiazole rings is 1. The number of anilines is 3. The zero-order valence-corrected chi connectivity index (χ0v) is 26.2. The van der Waals surface area contributed by atoms with Crippen LogP contribution in [0.25, 0.3) is 4.85 Å². The summed E-state index contributed by atoms with van der Waals surface area (Å²) in [5.74, 6) is 0.432. The van der Waals surface area contributed by atoms with Crippen molar-refractivity contribution in [1.82, 2.24) is 9.97 Å². The monoisotopic (exact) mass is 594 g/mol. The molecule has 2 heterocycles. The molecule has 0 unspecified atom stereocenters. The maximum atomic E-state index is 13.2. The number of benzene rings is 1. The third kappa shape index (κ3) is 6.84. The van der Waals surface area contributed by atoms with Crippen LogP contribution < -0.4 is 11.1 Å². The minimum absolute atomic E-state index is 0.0634. The zero-order chi connectivity index (χ0) is 29.1. The smallest absolute Gasteiger partial charge is 0.232 e. The van der Waals surface area contributed by atoms with Crippen LogP contribution in [0, 0.1) is 23.7 Å². The van der Waals surface area contributed by atoms with E-state index in [1.54, 1.807) is 12.1 Å². The summed E-state index contributed by atoms with van der Waals surface area (Å²) in [6.07, 6.45) is 3.68. The highest BCUT2D eigenvalue weighted by Crippen LogP contribution is 2.46. The van der Waals surface area contributed by atoms with E-state index in [9.17, 15) is 9.65 Å². The molecule has 3 aromatic rings. The van der Waals surface area contributed by atoms with Crippen LogP contribution in [0.5, 0.6) is 0 Å². The van der Waals surface area contributed by atoms with Gasteiger partial charge in [-0.3, -0.25) is 0 Å². The number of thioether (sulfide) groups is 1. The van der Waals surface area contributed by atoms with E-state index >= 15 is 0 Å². The summed E-state index contributed by atoms with van der Waals surface area (Å²) in [6.45, 7) is 19.1. The Kier molecular flexibility index (Phi) is 9.21. The Morgan fingerprint density at radius 3 is 2.50 bits per heavy atom. The van der Waals surface area contributed by atoms with Gasteiger partial charge in [0.25, 0.3) is 0 Å². The maximum Gasteiger partial charge on any atom is 0.232 e. The number of nitrogens with two attached hydrogens (primary N) is 1. The Hall–Kier alpha value is -2.96. The first-order chi connectivity index (χ1) is 18.9. The lowest BCUT2D eigenvalue weighted by atomic mass is 9.80. The highest BCUT2D eigenvalue weighted by Gasteiger charge is 2.40. The Balaban J connectivity index is 1.49. The molecule has 1 aromatic carbocycles. The van der Waals surface area contributed by atoms with Crippen molar-refractivity contribution < 1.29 is 8.82 Å². The number of hydrogen-bond donors (Lipinski definition) is 2. The number of nitrogens with one attached hydrogen (secondary N) is 1. The summed E-state index contributed by atoms with van der Waals surface area (Å²) in [4.78, 5) is 12.8. The molecule has 7 nitrogen and oxygen atoms in total. The third-order valence-electron chi connectivity index (χ3n) is 7.78. The van der Waals surface area contributed by atoms with Crippen LogP contribution >= 0.6 is 23.1 Å². The van der Waals surface area contributed by atoms with E-state index in [-0.39, 0.29) is 28.7 Å². The van der Waals surface area contributed by atoms with Gasteiger partial charge in [-0.2, -0.15) is 5.26 Å². The topological polar surface area (TPSA) is 101 Å². The van der Waals surface area contributed by atoms with Crippen molar-refractivity contribution in [2.24, 2.45) is 0 Å². The molecule has 0 atom stereocenters. The van der Waals surface area contributed by atoms with E-state index in [1.165, 1.54) is 35.2 Å². The molecule has 210 valence electrons. The summed E-state index contributed by atoms with van der Waals surface area (Å²) in [5, 5.41) is 16.7. The lowest BCUT2D eigenvalue weighted by Gasteiger charge is -2.41. The number of nitrogens with zero attached hydrogens (tertiary/aromatic N) is 4. The molecule has 1 fully saturated rings. The van der Waals surface area contributed by atoms with Crippen molar-refractivity contribution in [3.8, 4) is 6.07 Å². The van der Waals surface area contributed by atoms with E-state index < -0.39 is 8.32 Å². The number of rotatable bonds is 8. The first kappa shape index (κ1) is 30.0. The molecule has 2 aromatic heterocycles. The van der Waals surface area contributed by atoms with Crippen molar-refractivity contribution in [2.45, 2.75) is 87.4 Å². The van der Waals surface area contributed by atoms with Gasteiger partial charge < -0.3 is 15.5 Å². The first-order valence-corrected chi connectivity index (χ1v) is 18.1. The van der Waals surface area contributed by atoms with Gasteiger partial charge in [0.15, 0.2) is 13.4 Å². The van der Waals surface area contributed by atoms with E-state index in [4.69, 9.17) is 16.7 Å². The average Bonchev–Trinajstić information content (AvgIpc) is 3.35. The zero-order valence-electron chi connectivity index (χ0n) is 23.5. The Morgan fingerprint density at radius 2 is 1.90 bits per heavy atom. The number of nitrogen functional groups attached to an aromatic ring is 1. The lowest BCUT2D eigenvalue weighted by molar-refractivity contribution is 0.130. The third-order valence-corrected chi connectivity index (χ3v) is 14.1. The molecule has 0 spiro atoms. The highest BCUT2D eigenvalue weighted by atomic mass is 32.2. The summed E-state index contributed by atoms with van der Waals surface area (Å²) in [6, 6.07) is 8.45. The number of nitriles is 1. The summed E-state index contributed by atoms with van der Waals surface area (Å²) >= 11 is 2.85. The van der Waals surface area contributed by atoms with Gasteiger partial charge in [0.05, 0.1) is 17.8 Å². The van der Waals surface area contributed by atoms with Crippen molar-refractivity contribution in [3.05, 3.63) is 63.7 Å². The van der Waals surface area contributed by atoms with Crippen LogP contribution in [0.3, 0.4) is 0 Å². The molecule has 4 rings (SSSR count). The number of aromatic nitrogens is 2. The van der Waals surface area contributed by atoms with Gasteiger partial charge in [-0.25, -0.2) is 19.2 Å². The molecule has 40 heavy (non-hydrogen) atoms. The minimum Gasteiger partial charge on any atom is -0.414 e. The van der Waals surface area contributed by atoms with Crippen LogP contribution in [-0.4, -0.2) is 24.4 Å². The van der Waals surface area contributed by atoms with Crippen LogP contribution in [-0.2, 0) is 10.2 Å². The number of pyridine rings is 1. The first-order valence-electron chi connectivity index (χ1n) is 13.3. The van der Waals surface area contributed by atoms with Gasteiger partial charge in [0, 0.05) is 22.9 Å². The highest BCUT2D eigenvalue weighted by molar-refractivity contribution is 7.98. The van der Waals surface area contributed by atoms with Crippen molar-refractivity contribution >= 4 is 53.7 Å². The van der Waals surface area contributed by atoms with Crippen LogP contribution in [0.4, 0.5) is 26.7 Å². The molecule has 0 aliphatic heterocycles. The predicted octanol–water partition coefficient (Wildman–Crippen LogP) is 8.77. The van der Waals surface area contributed by atoms with Crippen LogP contribution in [0.2, 0.25) is 18.1 Å². The normalized spacial score (nSPS) is 17.7. The SMILES string of the molecule is [C-]#[N+]c1c(N)nc(SCc2csc(Nc3ccc(F)cc3)n2)c(C#N)c1C1CCC(O[Si](C)(C)C(C)(C)C)CC1. The Morgan fingerprint density at radius 1 is 1.23 bits per heavy atom. The Labute approximate surface area is 245 Å². The second-order valence-electron chi connectivity index (χ2n) is 11.6. The fourth-order valence-electron chi connectivity index (χ4n) is 4.61. The molecule has 0 radical (unpaired) electrons. The van der Waals surface area contributed by atoms with Crippen molar-refractivity contribution in [1.29, 1.82) is 5.26 Å². The molecule has 0 bridgehead atoms. The van der Waals surface area contributed by atoms with Gasteiger partial charge >= 0.3 is 0 Å². The van der Waals surface area contributed by atoms with E-state index in [2.05, 4.69) is 60.1 Å². The molecule has 1 saturated carbocycles. The van der Waals surface area contributed by atoms with E-state index in [0.717, 1.165) is 42.6 Å². The van der Waals surface area contributed by atoms with Crippen molar-refractivity contribution in [3.63, 3.8) is 0 Å². The molecular weight excluding hydrogens is 560 g/mol. The summed E-state index contributed by atoms with van der Waals surface area (Å²) < 4.78 is 19.9. The summed E-state index contributed by atoms with van der Waals surface area (Å²) in [7, 11) is -1.87. The van der Waals surface area contributed by atoms with Gasteiger partial charge in [0.2, 0.25) is 5.69 Å². The molecule has 1 aliphatic carbocycles. The number of hydrogen-bond acceptors (Lipinski definition) is 8. The second-order valence-corrected chi connectivity index (χ2v) is 18.2. The molecule has 0 amide bonds. The molecule has 3 N–H and O–H groups in total. The molecule has 11 heteroatoms. The van der Waals surface area contributed by atoms with E-state index in [1.807, 2.05) is 5.38 Å². The molecular formula is C29H35FN6OS2Si. The molecule has 1 aliphatic rings. The van der Waals surface area contributed by atoms with Gasteiger partial charge in [-0.05, 0) is 79.6 Å². The minimum atomic E-state index is -1.87. The fourth-order valence-corrected chi connectivity index (χ4v) is 7.76. The van der Waals surface area contributed by atoms with Gasteiger partial charge in [0.1, 0.15) is 22.7 Å². The predicted molar refractivity (Wildman–Crippen MR) is 164 cm³/mol. The second kappa shape index (κ2) is 12.3. The average molecular weight is 595 g/mol. The van der Waals surface area contributed by atoms with E-state index in [0.29, 0.717) is 27.2 Å². The quantitative estimate of drug-likeness (QED) is 0.153. The van der Waals surface area contributed by atoms with Gasteiger partial charge in [-0.15, -0.1) is 11.3 Å². The van der Waals surface area contributed by atoms with Gasteiger partial charge in [-0.1, -0.05) is 32.5 Å². The standard InChI is InChI=1S/C29H35FN6OS2Si/c1-29(2,3)40(5,6)37-22-13-7-18(8-14-22)24-23(15-31)27(36-26(32)25(24)33-4)38-16-21-17-39-28(35-21)34-20-11-9-19(30)10-12-20/h9-12,17-18,22H,7-8,13-14,16H2,1-3,5-6H3,(H2,32,36)(H,34,35). The van der Waals surface area contributed by atoms with Crippen LogP contribution in [0.15, 0.2) is 34.7 Å². The Bertz CT molecular complexity index is 1430. The lowest BCUT2D eigenvalue weighted by Crippen LogP contribution is -2.44. The largest absolute Gasteiger partial charge is 0.414 e. The number of halogens is 1.